The molecule has 0 bridgehead atoms. The summed E-state index contributed by atoms with van der Waals surface area (Å²) in [7, 11) is 0. The van der Waals surface area contributed by atoms with Gasteiger partial charge in [0.2, 0.25) is 5.91 Å². The Kier molecular flexibility index (Phi) is 4.70. The molecule has 1 atom stereocenters. The van der Waals surface area contributed by atoms with E-state index in [1.807, 2.05) is 23.6 Å². The predicted molar refractivity (Wildman–Crippen MR) is 104 cm³/mol. The molecule has 2 N–H and O–H groups in total. The SMILES string of the molecule is CC1CCc2c(C(=O)Nc3cccc(CN4C(=O)CNC4=O)c3)csc2C1. The number of nitrogens with zero attached hydrogens (tertiary/aromatic N) is 1. The first-order valence-electron chi connectivity index (χ1n) is 9.09. The number of carbonyl (C=O) groups is 3. The fourth-order valence-electron chi connectivity index (χ4n) is 3.61. The van der Waals surface area contributed by atoms with Crippen LogP contribution >= 0.6 is 11.3 Å². The molecule has 1 aliphatic heterocycles. The first kappa shape index (κ1) is 17.7. The smallest absolute Gasteiger partial charge is 0.324 e. The second-order valence-corrected chi connectivity index (χ2v) is 8.16. The van der Waals surface area contributed by atoms with Crippen LogP contribution in [0.15, 0.2) is 29.6 Å². The summed E-state index contributed by atoms with van der Waals surface area (Å²) >= 11 is 1.67. The minimum atomic E-state index is -0.381. The van der Waals surface area contributed by atoms with E-state index in [9.17, 15) is 14.4 Å². The molecule has 4 rings (SSSR count). The molecule has 0 spiro atoms. The highest BCUT2D eigenvalue weighted by atomic mass is 32.1. The van der Waals surface area contributed by atoms with Crippen LogP contribution in [0.5, 0.6) is 0 Å². The van der Waals surface area contributed by atoms with Gasteiger partial charge in [-0.2, -0.15) is 0 Å². The molecule has 1 aromatic heterocycles. The minimum absolute atomic E-state index is 0.0388. The normalized spacial score (nSPS) is 19.0. The van der Waals surface area contributed by atoms with Crippen molar-refractivity contribution in [2.75, 3.05) is 11.9 Å². The van der Waals surface area contributed by atoms with Crippen LogP contribution in [0.2, 0.25) is 0 Å². The van der Waals surface area contributed by atoms with Crippen LogP contribution in [0, 0.1) is 5.92 Å². The third-order valence-corrected chi connectivity index (χ3v) is 6.16. The van der Waals surface area contributed by atoms with Crippen LogP contribution < -0.4 is 10.6 Å². The lowest BCUT2D eigenvalue weighted by molar-refractivity contribution is -0.125. The van der Waals surface area contributed by atoms with Gasteiger partial charge in [-0.15, -0.1) is 11.3 Å². The lowest BCUT2D eigenvalue weighted by Crippen LogP contribution is -2.30. The van der Waals surface area contributed by atoms with E-state index in [0.717, 1.165) is 30.4 Å². The summed E-state index contributed by atoms with van der Waals surface area (Å²) in [4.78, 5) is 38.7. The molecular formula is C20H21N3O3S. The molecule has 0 saturated carbocycles. The van der Waals surface area contributed by atoms with E-state index in [4.69, 9.17) is 0 Å². The summed E-state index contributed by atoms with van der Waals surface area (Å²) < 4.78 is 0. The topological polar surface area (TPSA) is 78.5 Å². The van der Waals surface area contributed by atoms with Gasteiger partial charge in [-0.25, -0.2) is 4.79 Å². The lowest BCUT2D eigenvalue weighted by atomic mass is 9.88. The molecule has 6 nitrogen and oxygen atoms in total. The van der Waals surface area contributed by atoms with Crippen LogP contribution in [0.1, 0.15) is 39.7 Å². The Morgan fingerprint density at radius 1 is 1.37 bits per heavy atom. The van der Waals surface area contributed by atoms with Crippen LogP contribution in [-0.2, 0) is 24.2 Å². The van der Waals surface area contributed by atoms with Gasteiger partial charge in [0.1, 0.15) is 0 Å². The van der Waals surface area contributed by atoms with Gasteiger partial charge >= 0.3 is 6.03 Å². The van der Waals surface area contributed by atoms with Gasteiger partial charge < -0.3 is 10.6 Å². The second-order valence-electron chi connectivity index (χ2n) is 7.19. The maximum Gasteiger partial charge on any atom is 0.324 e. The molecule has 140 valence electrons. The largest absolute Gasteiger partial charge is 0.329 e. The van der Waals surface area contributed by atoms with Crippen molar-refractivity contribution in [2.45, 2.75) is 32.7 Å². The maximum absolute atomic E-state index is 12.8. The average molecular weight is 383 g/mol. The molecule has 1 fully saturated rings. The van der Waals surface area contributed by atoms with E-state index in [-0.39, 0.29) is 30.9 Å². The monoisotopic (exact) mass is 383 g/mol. The van der Waals surface area contributed by atoms with Crippen molar-refractivity contribution in [3.8, 4) is 0 Å². The van der Waals surface area contributed by atoms with Crippen molar-refractivity contribution in [1.82, 2.24) is 10.2 Å². The van der Waals surface area contributed by atoms with Crippen LogP contribution in [0.3, 0.4) is 0 Å². The van der Waals surface area contributed by atoms with Gasteiger partial charge in [-0.3, -0.25) is 14.5 Å². The lowest BCUT2D eigenvalue weighted by Gasteiger charge is -2.19. The summed E-state index contributed by atoms with van der Waals surface area (Å²) in [6.07, 6.45) is 3.12. The number of fused-ring (bicyclic) bond motifs is 1. The van der Waals surface area contributed by atoms with E-state index in [0.29, 0.717) is 11.6 Å². The number of carbonyl (C=O) groups excluding carboxylic acids is 3. The van der Waals surface area contributed by atoms with E-state index < -0.39 is 0 Å². The zero-order chi connectivity index (χ0) is 19.0. The summed E-state index contributed by atoms with van der Waals surface area (Å²) in [5.41, 5.74) is 3.40. The Morgan fingerprint density at radius 2 is 2.22 bits per heavy atom. The quantitative estimate of drug-likeness (QED) is 0.796. The number of anilines is 1. The Bertz CT molecular complexity index is 905. The van der Waals surface area contributed by atoms with Gasteiger partial charge in [0.25, 0.3) is 5.91 Å². The number of imide groups is 1. The molecule has 1 unspecified atom stereocenters. The summed E-state index contributed by atoms with van der Waals surface area (Å²) in [6, 6.07) is 6.89. The second kappa shape index (κ2) is 7.15. The third kappa shape index (κ3) is 3.60. The van der Waals surface area contributed by atoms with E-state index in [1.165, 1.54) is 15.3 Å². The molecule has 0 radical (unpaired) electrons. The molecule has 7 heteroatoms. The van der Waals surface area contributed by atoms with Crippen molar-refractivity contribution in [3.05, 3.63) is 51.2 Å². The molecular weight excluding hydrogens is 362 g/mol. The van der Waals surface area contributed by atoms with Gasteiger partial charge in [-0.05, 0) is 48.4 Å². The number of nitrogens with one attached hydrogen (secondary N) is 2. The zero-order valence-corrected chi connectivity index (χ0v) is 15.9. The average Bonchev–Trinajstić information content (AvgIpc) is 3.20. The van der Waals surface area contributed by atoms with Crippen molar-refractivity contribution in [1.29, 1.82) is 0 Å². The molecule has 4 amide bonds. The highest BCUT2D eigenvalue weighted by Crippen LogP contribution is 2.33. The molecule has 27 heavy (non-hydrogen) atoms. The first-order chi connectivity index (χ1) is 13.0. The third-order valence-electron chi connectivity index (χ3n) is 5.11. The Morgan fingerprint density at radius 3 is 3.00 bits per heavy atom. The molecule has 2 heterocycles. The number of thiophene rings is 1. The summed E-state index contributed by atoms with van der Waals surface area (Å²) in [6.45, 7) is 2.48. The molecule has 2 aromatic rings. The van der Waals surface area contributed by atoms with Crippen molar-refractivity contribution in [2.24, 2.45) is 5.92 Å². The number of hydrogen-bond acceptors (Lipinski definition) is 4. The Balaban J connectivity index is 1.48. The fourth-order valence-corrected chi connectivity index (χ4v) is 4.86. The Labute approximate surface area is 161 Å². The van der Waals surface area contributed by atoms with Crippen LogP contribution in [0.25, 0.3) is 0 Å². The highest BCUT2D eigenvalue weighted by Gasteiger charge is 2.28. The van der Waals surface area contributed by atoms with E-state index in [2.05, 4.69) is 17.6 Å². The molecule has 1 aromatic carbocycles. The van der Waals surface area contributed by atoms with Crippen molar-refractivity contribution in [3.63, 3.8) is 0 Å². The van der Waals surface area contributed by atoms with E-state index in [1.54, 1.807) is 17.4 Å². The number of benzene rings is 1. The maximum atomic E-state index is 12.8. The molecule has 1 aliphatic carbocycles. The summed E-state index contributed by atoms with van der Waals surface area (Å²) in [5, 5.41) is 7.42. The molecule has 2 aliphatic rings. The zero-order valence-electron chi connectivity index (χ0n) is 15.1. The minimum Gasteiger partial charge on any atom is -0.329 e. The Hall–Kier alpha value is -2.67. The van der Waals surface area contributed by atoms with Crippen LogP contribution in [0.4, 0.5) is 10.5 Å². The number of amides is 4. The van der Waals surface area contributed by atoms with Gasteiger partial charge in [0.15, 0.2) is 0 Å². The number of rotatable bonds is 4. The number of urea groups is 1. The fraction of sp³-hybridized carbons (Fsp3) is 0.350. The van der Waals surface area contributed by atoms with Crippen molar-refractivity contribution >= 4 is 34.9 Å². The first-order valence-corrected chi connectivity index (χ1v) is 9.97. The highest BCUT2D eigenvalue weighted by molar-refractivity contribution is 7.10. The van der Waals surface area contributed by atoms with Gasteiger partial charge in [-0.1, -0.05) is 19.1 Å². The predicted octanol–water partition coefficient (Wildman–Crippen LogP) is 3.18. The molecule has 1 saturated heterocycles. The summed E-state index contributed by atoms with van der Waals surface area (Å²) in [5.74, 6) is 0.331. The van der Waals surface area contributed by atoms with Crippen LogP contribution in [-0.4, -0.2) is 29.3 Å². The standard InChI is InChI=1S/C20H21N3O3S/c1-12-5-6-15-16(11-27-17(15)7-12)19(25)22-14-4-2-3-13(8-14)10-23-18(24)9-21-20(23)26/h2-4,8,11-12H,5-7,9-10H2,1H3,(H,21,26)(H,22,25). The van der Waals surface area contributed by atoms with Gasteiger partial charge in [0, 0.05) is 15.9 Å². The van der Waals surface area contributed by atoms with Gasteiger partial charge in [0.05, 0.1) is 18.7 Å². The van der Waals surface area contributed by atoms with Crippen molar-refractivity contribution < 1.29 is 14.4 Å². The number of hydrogen-bond donors (Lipinski definition) is 2. The van der Waals surface area contributed by atoms with E-state index >= 15 is 0 Å².